The van der Waals surface area contributed by atoms with Crippen LogP contribution >= 0.6 is 11.6 Å². The van der Waals surface area contributed by atoms with Crippen molar-refractivity contribution < 1.29 is 0 Å². The molecule has 0 aliphatic heterocycles. The lowest BCUT2D eigenvalue weighted by molar-refractivity contribution is 0.521. The van der Waals surface area contributed by atoms with Gasteiger partial charge < -0.3 is 0 Å². The predicted molar refractivity (Wildman–Crippen MR) is 75.8 cm³/mol. The van der Waals surface area contributed by atoms with Crippen LogP contribution in [0.2, 0.25) is 0 Å². The van der Waals surface area contributed by atoms with Crippen molar-refractivity contribution in [1.29, 1.82) is 0 Å². The average molecular weight is 246 g/mol. The van der Waals surface area contributed by atoms with Gasteiger partial charge in [-0.05, 0) is 46.0 Å². The van der Waals surface area contributed by atoms with Crippen LogP contribution < -0.4 is 0 Å². The van der Waals surface area contributed by atoms with E-state index in [1.165, 1.54) is 32.1 Å². The van der Waals surface area contributed by atoms with Crippen molar-refractivity contribution in [2.75, 3.05) is 5.88 Å². The van der Waals surface area contributed by atoms with E-state index in [0.29, 0.717) is 5.92 Å². The Morgan fingerprint density at radius 2 is 1.81 bits per heavy atom. The fourth-order valence-electron chi connectivity index (χ4n) is 1.67. The summed E-state index contributed by atoms with van der Waals surface area (Å²) in [6.07, 6.45) is 9.66. The summed E-state index contributed by atoms with van der Waals surface area (Å²) in [7, 11) is 0. The molecule has 0 rings (SSSR count). The van der Waals surface area contributed by atoms with Gasteiger partial charge in [-0.1, -0.05) is 26.2 Å². The molecule has 0 radical (unpaired) electrons. The molecule has 1 atom stereocenters. The molecule has 0 spiro atoms. The minimum absolute atomic E-state index is 0.0716. The van der Waals surface area contributed by atoms with E-state index in [4.69, 9.17) is 11.6 Å². The summed E-state index contributed by atoms with van der Waals surface area (Å²) >= 11 is 5.67. The summed E-state index contributed by atoms with van der Waals surface area (Å²) in [5, 5.41) is 0. The normalized spacial score (nSPS) is 14.6. The third kappa shape index (κ3) is 10.5. The molecule has 0 saturated carbocycles. The third-order valence-corrected chi connectivity index (χ3v) is 2.81. The largest absolute Gasteiger partial charge is 0.291 e. The first-order chi connectivity index (χ1) is 7.49. The van der Waals surface area contributed by atoms with Gasteiger partial charge in [0.25, 0.3) is 0 Å². The Balaban J connectivity index is 3.92. The SMILES string of the molecule is CCCC(C=NC(C)(C)C)CCCCCCl. The molecule has 1 unspecified atom stereocenters. The first-order valence-electron chi connectivity index (χ1n) is 6.61. The predicted octanol–water partition coefficient (Wildman–Crippen LogP) is 5.07. The zero-order chi connectivity index (χ0) is 12.4. The minimum Gasteiger partial charge on any atom is -0.291 e. The smallest absolute Gasteiger partial charge is 0.0520 e. The van der Waals surface area contributed by atoms with Crippen molar-refractivity contribution in [3.05, 3.63) is 0 Å². The van der Waals surface area contributed by atoms with Gasteiger partial charge in [-0.2, -0.15) is 0 Å². The van der Waals surface area contributed by atoms with E-state index >= 15 is 0 Å². The van der Waals surface area contributed by atoms with Gasteiger partial charge >= 0.3 is 0 Å². The molecule has 0 aromatic carbocycles. The number of hydrogen-bond acceptors (Lipinski definition) is 1. The molecule has 0 heterocycles. The van der Waals surface area contributed by atoms with Crippen molar-refractivity contribution in [1.82, 2.24) is 0 Å². The molecule has 0 N–H and O–H groups in total. The van der Waals surface area contributed by atoms with Crippen LogP contribution in [-0.2, 0) is 0 Å². The summed E-state index contributed by atoms with van der Waals surface area (Å²) < 4.78 is 0. The number of alkyl halides is 1. The Hall–Kier alpha value is -0.0400. The Bertz CT molecular complexity index is 182. The number of halogens is 1. The molecule has 0 aromatic rings. The summed E-state index contributed by atoms with van der Waals surface area (Å²) in [5.41, 5.74) is 0.0716. The second-order valence-corrected chi connectivity index (χ2v) is 5.91. The van der Waals surface area contributed by atoms with E-state index in [0.717, 1.165) is 12.3 Å². The molecular formula is C14H28ClN. The van der Waals surface area contributed by atoms with Crippen LogP contribution in [0.3, 0.4) is 0 Å². The molecule has 2 heteroatoms. The maximum absolute atomic E-state index is 5.67. The summed E-state index contributed by atoms with van der Waals surface area (Å²) in [6.45, 7) is 8.71. The molecular weight excluding hydrogens is 218 g/mol. The lowest BCUT2D eigenvalue weighted by Crippen LogP contribution is -2.12. The maximum Gasteiger partial charge on any atom is 0.0520 e. The van der Waals surface area contributed by atoms with Crippen molar-refractivity contribution in [3.63, 3.8) is 0 Å². The van der Waals surface area contributed by atoms with Crippen LogP contribution in [0.15, 0.2) is 4.99 Å². The van der Waals surface area contributed by atoms with Crippen LogP contribution in [0, 0.1) is 5.92 Å². The summed E-state index contributed by atoms with van der Waals surface area (Å²) in [6, 6.07) is 0. The van der Waals surface area contributed by atoms with Crippen molar-refractivity contribution in [3.8, 4) is 0 Å². The quantitative estimate of drug-likeness (QED) is 0.322. The summed E-state index contributed by atoms with van der Waals surface area (Å²) in [5.74, 6) is 1.47. The van der Waals surface area contributed by atoms with Crippen LogP contribution in [0.4, 0.5) is 0 Å². The van der Waals surface area contributed by atoms with Gasteiger partial charge in [0.05, 0.1) is 5.54 Å². The van der Waals surface area contributed by atoms with E-state index in [1.807, 2.05) is 0 Å². The van der Waals surface area contributed by atoms with Gasteiger partial charge in [0.2, 0.25) is 0 Å². The third-order valence-electron chi connectivity index (χ3n) is 2.54. The molecule has 0 bridgehead atoms. The lowest BCUT2D eigenvalue weighted by atomic mass is 9.97. The van der Waals surface area contributed by atoms with Crippen LogP contribution in [0.5, 0.6) is 0 Å². The first kappa shape index (κ1) is 16.0. The number of aliphatic imine (C=N–C) groups is 1. The molecule has 96 valence electrons. The Kier molecular flexibility index (Phi) is 9.02. The highest BCUT2D eigenvalue weighted by atomic mass is 35.5. The highest BCUT2D eigenvalue weighted by molar-refractivity contribution is 6.17. The molecule has 16 heavy (non-hydrogen) atoms. The molecule has 1 nitrogen and oxygen atoms in total. The van der Waals surface area contributed by atoms with Gasteiger partial charge in [0, 0.05) is 12.1 Å². The molecule has 0 saturated heterocycles. The monoisotopic (exact) mass is 245 g/mol. The Labute approximate surface area is 107 Å². The number of nitrogens with zero attached hydrogens (tertiary/aromatic N) is 1. The van der Waals surface area contributed by atoms with Gasteiger partial charge in [-0.3, -0.25) is 4.99 Å². The molecule has 0 fully saturated rings. The van der Waals surface area contributed by atoms with E-state index in [2.05, 4.69) is 38.9 Å². The van der Waals surface area contributed by atoms with Crippen LogP contribution in [-0.4, -0.2) is 17.6 Å². The second-order valence-electron chi connectivity index (χ2n) is 5.54. The molecule has 0 aliphatic rings. The number of hydrogen-bond donors (Lipinski definition) is 0. The highest BCUT2D eigenvalue weighted by Gasteiger charge is 2.09. The van der Waals surface area contributed by atoms with Gasteiger partial charge in [0.1, 0.15) is 0 Å². The van der Waals surface area contributed by atoms with E-state index in [9.17, 15) is 0 Å². The fourth-order valence-corrected chi connectivity index (χ4v) is 1.86. The highest BCUT2D eigenvalue weighted by Crippen LogP contribution is 2.16. The standard InChI is InChI=1S/C14H28ClN/c1-5-9-13(10-7-6-8-11-15)12-16-14(2,3)4/h12-13H,5-11H2,1-4H3. The molecule has 0 aromatic heterocycles. The number of unbranched alkanes of at least 4 members (excludes halogenated alkanes) is 2. The van der Waals surface area contributed by atoms with Gasteiger partial charge in [-0.25, -0.2) is 0 Å². The molecule has 0 aliphatic carbocycles. The van der Waals surface area contributed by atoms with E-state index in [-0.39, 0.29) is 5.54 Å². The fraction of sp³-hybridized carbons (Fsp3) is 0.929. The second kappa shape index (κ2) is 9.04. The first-order valence-corrected chi connectivity index (χ1v) is 7.14. The van der Waals surface area contributed by atoms with Crippen molar-refractivity contribution >= 4 is 17.8 Å². The topological polar surface area (TPSA) is 12.4 Å². The Morgan fingerprint density at radius 3 is 2.31 bits per heavy atom. The van der Waals surface area contributed by atoms with E-state index in [1.54, 1.807) is 0 Å². The number of rotatable bonds is 8. The van der Waals surface area contributed by atoms with Crippen LogP contribution in [0.1, 0.15) is 66.2 Å². The van der Waals surface area contributed by atoms with Crippen molar-refractivity contribution in [2.45, 2.75) is 71.8 Å². The Morgan fingerprint density at radius 1 is 1.12 bits per heavy atom. The van der Waals surface area contributed by atoms with Gasteiger partial charge in [-0.15, -0.1) is 11.6 Å². The van der Waals surface area contributed by atoms with Crippen molar-refractivity contribution in [2.24, 2.45) is 10.9 Å². The average Bonchev–Trinajstić information content (AvgIpc) is 2.19. The zero-order valence-corrected chi connectivity index (χ0v) is 12.2. The molecule has 0 amide bonds. The van der Waals surface area contributed by atoms with Crippen LogP contribution in [0.25, 0.3) is 0 Å². The summed E-state index contributed by atoms with van der Waals surface area (Å²) in [4.78, 5) is 4.62. The minimum atomic E-state index is 0.0716. The van der Waals surface area contributed by atoms with Gasteiger partial charge in [0.15, 0.2) is 0 Å². The lowest BCUT2D eigenvalue weighted by Gasteiger charge is -2.15. The van der Waals surface area contributed by atoms with E-state index < -0.39 is 0 Å². The maximum atomic E-state index is 5.67. The zero-order valence-electron chi connectivity index (χ0n) is 11.4.